The highest BCUT2D eigenvalue weighted by atomic mass is 16.5. The summed E-state index contributed by atoms with van der Waals surface area (Å²) in [6.07, 6.45) is 2.95. The van der Waals surface area contributed by atoms with E-state index in [9.17, 15) is 4.79 Å². The molecule has 8 heteroatoms. The molecule has 132 valence electrons. The lowest BCUT2D eigenvalue weighted by Crippen LogP contribution is -2.47. The highest BCUT2D eigenvalue weighted by Gasteiger charge is 2.36. The number of aromatic nitrogens is 3. The minimum Gasteiger partial charge on any atom is -0.484 e. The van der Waals surface area contributed by atoms with E-state index in [-0.39, 0.29) is 18.8 Å². The summed E-state index contributed by atoms with van der Waals surface area (Å²) in [4.78, 5) is 13.2. The Balaban J connectivity index is 1.42. The molecule has 1 aromatic carbocycles. The van der Waals surface area contributed by atoms with Crippen molar-refractivity contribution in [3.63, 3.8) is 0 Å². The zero-order chi connectivity index (χ0) is 17.2. The first-order valence-electron chi connectivity index (χ1n) is 8.42. The van der Waals surface area contributed by atoms with Crippen molar-refractivity contribution < 1.29 is 14.3 Å². The van der Waals surface area contributed by atoms with Crippen LogP contribution in [0.3, 0.4) is 0 Å². The molecule has 0 spiro atoms. The molecule has 0 unspecified atom stereocenters. The lowest BCUT2D eigenvalue weighted by molar-refractivity contribution is -0.119. The molecule has 2 aliphatic heterocycles. The smallest absolute Gasteiger partial charge is 0.255 e. The van der Waals surface area contributed by atoms with Crippen LogP contribution < -0.4 is 10.5 Å². The zero-order valence-corrected chi connectivity index (χ0v) is 13.9. The topological polar surface area (TPSA) is 95.5 Å². The summed E-state index contributed by atoms with van der Waals surface area (Å²) in [5.41, 5.74) is 7.29. The Morgan fingerprint density at radius 3 is 3.24 bits per heavy atom. The lowest BCUT2D eigenvalue weighted by atomic mass is 10.00. The molecule has 8 nitrogen and oxygen atoms in total. The average molecular weight is 343 g/mol. The van der Waals surface area contributed by atoms with Gasteiger partial charge in [0, 0.05) is 19.6 Å². The number of ether oxygens (including phenoxy) is 2. The fourth-order valence-corrected chi connectivity index (χ4v) is 3.53. The van der Waals surface area contributed by atoms with Crippen LogP contribution in [0.25, 0.3) is 0 Å². The molecule has 4 rings (SSSR count). The third-order valence-electron chi connectivity index (χ3n) is 4.70. The SMILES string of the molecule is NC(=O)COc1cccc(CN2CC[C@@H]3OCc4cnnn4[C@H]3C2)c1. The molecule has 1 fully saturated rings. The summed E-state index contributed by atoms with van der Waals surface area (Å²) < 4.78 is 13.3. The van der Waals surface area contributed by atoms with Crippen LogP contribution >= 0.6 is 0 Å². The second-order valence-electron chi connectivity index (χ2n) is 6.51. The fourth-order valence-electron chi connectivity index (χ4n) is 3.53. The molecule has 1 aromatic heterocycles. The molecular formula is C17H21N5O3. The molecule has 2 aromatic rings. The number of nitrogens with two attached hydrogens (primary N) is 1. The average Bonchev–Trinajstić information content (AvgIpc) is 3.09. The molecule has 0 saturated carbocycles. The van der Waals surface area contributed by atoms with Crippen LogP contribution in [0.1, 0.15) is 23.7 Å². The van der Waals surface area contributed by atoms with Gasteiger partial charge in [0.15, 0.2) is 6.61 Å². The Morgan fingerprint density at radius 2 is 2.36 bits per heavy atom. The normalized spacial score (nSPS) is 22.9. The number of likely N-dealkylation sites (tertiary alicyclic amines) is 1. The van der Waals surface area contributed by atoms with Gasteiger partial charge < -0.3 is 15.2 Å². The fraction of sp³-hybridized carbons (Fsp3) is 0.471. The molecule has 3 heterocycles. The van der Waals surface area contributed by atoms with Gasteiger partial charge in [0.25, 0.3) is 5.91 Å². The van der Waals surface area contributed by atoms with E-state index in [0.29, 0.717) is 12.4 Å². The van der Waals surface area contributed by atoms with Crippen molar-refractivity contribution in [2.75, 3.05) is 19.7 Å². The van der Waals surface area contributed by atoms with Gasteiger partial charge in [-0.25, -0.2) is 4.68 Å². The van der Waals surface area contributed by atoms with Crippen LogP contribution in [0.4, 0.5) is 0 Å². The van der Waals surface area contributed by atoms with Gasteiger partial charge in [-0.2, -0.15) is 0 Å². The highest BCUT2D eigenvalue weighted by molar-refractivity contribution is 5.75. The maximum atomic E-state index is 10.9. The summed E-state index contributed by atoms with van der Waals surface area (Å²) in [6.45, 7) is 3.13. The first-order valence-corrected chi connectivity index (χ1v) is 8.42. The number of piperidine rings is 1. The van der Waals surface area contributed by atoms with Gasteiger partial charge >= 0.3 is 0 Å². The molecule has 0 radical (unpaired) electrons. The van der Waals surface area contributed by atoms with E-state index in [1.807, 2.05) is 22.9 Å². The van der Waals surface area contributed by atoms with Crippen molar-refractivity contribution in [2.24, 2.45) is 5.73 Å². The van der Waals surface area contributed by atoms with E-state index in [2.05, 4.69) is 21.3 Å². The molecule has 0 aliphatic carbocycles. The minimum atomic E-state index is -0.478. The second kappa shape index (κ2) is 6.81. The minimum absolute atomic E-state index is 0.108. The van der Waals surface area contributed by atoms with Crippen molar-refractivity contribution in [3.05, 3.63) is 41.7 Å². The van der Waals surface area contributed by atoms with Crippen LogP contribution in [-0.2, 0) is 22.7 Å². The number of carbonyl (C=O) groups excluding carboxylic acids is 1. The van der Waals surface area contributed by atoms with Crippen molar-refractivity contribution in [3.8, 4) is 5.75 Å². The first-order chi connectivity index (χ1) is 12.2. The largest absolute Gasteiger partial charge is 0.484 e. The quantitative estimate of drug-likeness (QED) is 0.849. The van der Waals surface area contributed by atoms with E-state index in [0.717, 1.165) is 37.3 Å². The van der Waals surface area contributed by atoms with Gasteiger partial charge in [-0.1, -0.05) is 17.3 Å². The number of hydrogen-bond acceptors (Lipinski definition) is 6. The molecule has 2 aliphatic rings. The number of primary amides is 1. The third-order valence-corrected chi connectivity index (χ3v) is 4.70. The first kappa shape index (κ1) is 16.0. The summed E-state index contributed by atoms with van der Waals surface area (Å²) in [7, 11) is 0. The Labute approximate surface area is 145 Å². The summed E-state index contributed by atoms with van der Waals surface area (Å²) >= 11 is 0. The van der Waals surface area contributed by atoms with Gasteiger partial charge in [0.1, 0.15) is 5.75 Å². The lowest BCUT2D eigenvalue weighted by Gasteiger charge is -2.41. The maximum Gasteiger partial charge on any atom is 0.255 e. The van der Waals surface area contributed by atoms with Gasteiger partial charge in [-0.15, -0.1) is 5.10 Å². The van der Waals surface area contributed by atoms with Crippen LogP contribution in [0.15, 0.2) is 30.5 Å². The Bertz CT molecular complexity index is 762. The van der Waals surface area contributed by atoms with Crippen molar-refractivity contribution in [2.45, 2.75) is 31.7 Å². The van der Waals surface area contributed by atoms with Gasteiger partial charge in [0.2, 0.25) is 0 Å². The Morgan fingerprint density at radius 1 is 1.44 bits per heavy atom. The second-order valence-corrected chi connectivity index (χ2v) is 6.51. The molecule has 25 heavy (non-hydrogen) atoms. The number of rotatable bonds is 5. The van der Waals surface area contributed by atoms with E-state index >= 15 is 0 Å². The number of amides is 1. The molecule has 2 atom stereocenters. The molecule has 2 N–H and O–H groups in total. The Hall–Kier alpha value is -2.45. The number of nitrogens with zero attached hydrogens (tertiary/aromatic N) is 4. The molecular weight excluding hydrogens is 322 g/mol. The number of hydrogen-bond donors (Lipinski definition) is 1. The zero-order valence-electron chi connectivity index (χ0n) is 13.9. The van der Waals surface area contributed by atoms with Crippen LogP contribution in [0.5, 0.6) is 5.75 Å². The van der Waals surface area contributed by atoms with E-state index in [4.69, 9.17) is 15.2 Å². The highest BCUT2D eigenvalue weighted by Crippen LogP contribution is 2.30. The monoisotopic (exact) mass is 343 g/mol. The van der Waals surface area contributed by atoms with Gasteiger partial charge in [-0.3, -0.25) is 9.69 Å². The Kier molecular flexibility index (Phi) is 4.37. The van der Waals surface area contributed by atoms with Crippen molar-refractivity contribution >= 4 is 5.91 Å². The van der Waals surface area contributed by atoms with Crippen LogP contribution in [0, 0.1) is 0 Å². The standard InChI is InChI=1S/C17H21N5O3/c18-17(23)11-24-14-3-1-2-12(6-14)8-21-5-4-16-15(9-21)22-13(10-25-16)7-19-20-22/h1-3,6-7,15-16H,4-5,8-11H2,(H2,18,23)/t15-,16-/m0/s1. The number of carbonyl (C=O) groups is 1. The van der Waals surface area contributed by atoms with E-state index in [1.165, 1.54) is 0 Å². The number of fused-ring (bicyclic) bond motifs is 3. The molecule has 1 amide bonds. The van der Waals surface area contributed by atoms with Gasteiger partial charge in [-0.05, 0) is 24.1 Å². The van der Waals surface area contributed by atoms with Crippen LogP contribution in [-0.4, -0.2) is 51.6 Å². The third kappa shape index (κ3) is 3.49. The predicted octanol–water partition coefficient (Wildman–Crippen LogP) is 0.488. The molecule has 0 bridgehead atoms. The summed E-state index contributed by atoms with van der Waals surface area (Å²) in [6, 6.07) is 7.97. The van der Waals surface area contributed by atoms with Crippen molar-refractivity contribution in [1.29, 1.82) is 0 Å². The van der Waals surface area contributed by atoms with Crippen molar-refractivity contribution in [1.82, 2.24) is 19.9 Å². The van der Waals surface area contributed by atoms with Gasteiger partial charge in [0.05, 0.1) is 30.6 Å². The summed E-state index contributed by atoms with van der Waals surface area (Å²) in [5.74, 6) is 0.180. The maximum absolute atomic E-state index is 10.9. The molecule has 1 saturated heterocycles. The van der Waals surface area contributed by atoms with E-state index < -0.39 is 5.91 Å². The predicted molar refractivity (Wildman–Crippen MR) is 88.7 cm³/mol. The number of benzene rings is 1. The van der Waals surface area contributed by atoms with Crippen LogP contribution in [0.2, 0.25) is 0 Å². The summed E-state index contributed by atoms with van der Waals surface area (Å²) in [5, 5.41) is 8.24. The van der Waals surface area contributed by atoms with E-state index in [1.54, 1.807) is 6.20 Å².